The monoisotopic (exact) mass is 274 g/mol. The van der Waals surface area contributed by atoms with E-state index >= 15 is 0 Å². The van der Waals surface area contributed by atoms with Gasteiger partial charge in [-0.1, -0.05) is 12.5 Å². The second-order valence-electron chi connectivity index (χ2n) is 5.62. The zero-order valence-corrected chi connectivity index (χ0v) is 12.0. The minimum Gasteiger partial charge on any atom is -0.491 e. The van der Waals surface area contributed by atoms with Gasteiger partial charge in [-0.25, -0.2) is 0 Å². The topological polar surface area (TPSA) is 56.5 Å². The van der Waals surface area contributed by atoms with Crippen molar-refractivity contribution in [3.63, 3.8) is 0 Å². The molecule has 0 aliphatic heterocycles. The lowest BCUT2D eigenvalue weighted by Gasteiger charge is -2.31. The highest BCUT2D eigenvalue weighted by Crippen LogP contribution is 2.26. The van der Waals surface area contributed by atoms with E-state index in [0.29, 0.717) is 17.9 Å². The van der Waals surface area contributed by atoms with Crippen LogP contribution < -0.4 is 4.74 Å². The van der Waals surface area contributed by atoms with Gasteiger partial charge < -0.3 is 14.7 Å². The first kappa shape index (κ1) is 14.8. The van der Waals surface area contributed by atoms with E-state index < -0.39 is 6.10 Å². The van der Waals surface area contributed by atoms with Gasteiger partial charge in [0.25, 0.3) is 0 Å². The van der Waals surface area contributed by atoms with Crippen LogP contribution in [0.5, 0.6) is 5.75 Å². The van der Waals surface area contributed by atoms with Crippen LogP contribution in [0.2, 0.25) is 0 Å². The molecule has 0 heterocycles. The van der Waals surface area contributed by atoms with Crippen LogP contribution in [0.3, 0.4) is 0 Å². The number of nitrogens with zero attached hydrogens (tertiary/aromatic N) is 2. The van der Waals surface area contributed by atoms with Gasteiger partial charge >= 0.3 is 0 Å². The summed E-state index contributed by atoms with van der Waals surface area (Å²) in [6.07, 6.45) is 3.47. The number of ether oxygens (including phenoxy) is 1. The lowest BCUT2D eigenvalue weighted by atomic mass is 9.85. The summed E-state index contributed by atoms with van der Waals surface area (Å²) in [6, 6.07) is 9.07. The smallest absolute Gasteiger partial charge is 0.120 e. The van der Waals surface area contributed by atoms with Crippen molar-refractivity contribution in [1.29, 1.82) is 5.26 Å². The Balaban J connectivity index is 1.70. The first-order valence-corrected chi connectivity index (χ1v) is 7.17. The van der Waals surface area contributed by atoms with Crippen molar-refractivity contribution < 1.29 is 9.84 Å². The Morgan fingerprint density at radius 3 is 2.95 bits per heavy atom. The molecule has 2 rings (SSSR count). The summed E-state index contributed by atoms with van der Waals surface area (Å²) in [4.78, 5) is 2.17. The molecular weight excluding hydrogens is 252 g/mol. The first-order chi connectivity index (χ1) is 9.67. The molecule has 108 valence electrons. The molecule has 0 aromatic heterocycles. The molecule has 1 fully saturated rings. The molecule has 1 aliphatic rings. The molecule has 1 unspecified atom stereocenters. The summed E-state index contributed by atoms with van der Waals surface area (Å²) < 4.78 is 5.53. The molecule has 0 spiro atoms. The zero-order valence-electron chi connectivity index (χ0n) is 12.0. The third-order valence-electron chi connectivity index (χ3n) is 3.72. The molecule has 4 nitrogen and oxygen atoms in total. The molecule has 0 amide bonds. The molecule has 0 bridgehead atoms. The number of nitriles is 1. The number of hydrogen-bond donors (Lipinski definition) is 1. The number of aliphatic hydroxyl groups excluding tert-OH is 1. The molecule has 4 heteroatoms. The van der Waals surface area contributed by atoms with E-state index in [2.05, 4.69) is 11.0 Å². The fraction of sp³-hybridized carbons (Fsp3) is 0.562. The van der Waals surface area contributed by atoms with Gasteiger partial charge in [-0.15, -0.1) is 0 Å². The third kappa shape index (κ3) is 4.52. The van der Waals surface area contributed by atoms with Gasteiger partial charge in [0.15, 0.2) is 0 Å². The largest absolute Gasteiger partial charge is 0.491 e. The van der Waals surface area contributed by atoms with Gasteiger partial charge in [0, 0.05) is 13.1 Å². The van der Waals surface area contributed by atoms with Crippen LogP contribution in [-0.2, 0) is 0 Å². The first-order valence-electron chi connectivity index (χ1n) is 7.17. The van der Waals surface area contributed by atoms with Crippen LogP contribution in [0.15, 0.2) is 24.3 Å². The van der Waals surface area contributed by atoms with E-state index in [1.807, 2.05) is 7.05 Å². The van der Waals surface area contributed by atoms with E-state index in [1.165, 1.54) is 19.3 Å². The van der Waals surface area contributed by atoms with Crippen LogP contribution in [0.25, 0.3) is 0 Å². The maximum absolute atomic E-state index is 9.98. The Bertz CT molecular complexity index is 466. The SMILES string of the molecule is CN(CC(O)COc1cccc(C#N)c1)CC1CCC1. The van der Waals surface area contributed by atoms with Gasteiger partial charge in [0.1, 0.15) is 18.5 Å². The quantitative estimate of drug-likeness (QED) is 0.826. The van der Waals surface area contributed by atoms with Crippen LogP contribution in [0.1, 0.15) is 24.8 Å². The van der Waals surface area contributed by atoms with Crippen molar-refractivity contribution in [2.45, 2.75) is 25.4 Å². The fourth-order valence-corrected chi connectivity index (χ4v) is 2.45. The Morgan fingerprint density at radius 2 is 2.30 bits per heavy atom. The molecule has 20 heavy (non-hydrogen) atoms. The fourth-order valence-electron chi connectivity index (χ4n) is 2.45. The van der Waals surface area contributed by atoms with E-state index in [1.54, 1.807) is 24.3 Å². The van der Waals surface area contributed by atoms with E-state index in [0.717, 1.165) is 12.5 Å². The van der Waals surface area contributed by atoms with Crippen LogP contribution >= 0.6 is 0 Å². The van der Waals surface area contributed by atoms with Gasteiger partial charge in [0.2, 0.25) is 0 Å². The lowest BCUT2D eigenvalue weighted by Crippen LogP contribution is -2.37. The van der Waals surface area contributed by atoms with Crippen molar-refractivity contribution in [2.24, 2.45) is 5.92 Å². The summed E-state index contributed by atoms with van der Waals surface area (Å²) >= 11 is 0. The highest BCUT2D eigenvalue weighted by atomic mass is 16.5. The normalized spacial score (nSPS) is 16.5. The Kier molecular flexibility index (Phi) is 5.40. The third-order valence-corrected chi connectivity index (χ3v) is 3.72. The molecule has 1 aromatic rings. The Morgan fingerprint density at radius 1 is 1.50 bits per heavy atom. The van der Waals surface area contributed by atoms with Crippen molar-refractivity contribution >= 4 is 0 Å². The summed E-state index contributed by atoms with van der Waals surface area (Å²) in [5, 5.41) is 18.8. The van der Waals surface area contributed by atoms with Gasteiger partial charge in [-0.2, -0.15) is 5.26 Å². The Hall–Kier alpha value is -1.57. The van der Waals surface area contributed by atoms with Crippen LogP contribution in [0, 0.1) is 17.2 Å². The zero-order chi connectivity index (χ0) is 14.4. The average molecular weight is 274 g/mol. The standard InChI is InChI=1S/C16H22N2O2/c1-18(10-13-4-2-5-13)11-15(19)12-20-16-7-3-6-14(8-16)9-17/h3,6-8,13,15,19H,2,4-5,10-12H2,1H3. The lowest BCUT2D eigenvalue weighted by molar-refractivity contribution is 0.0665. The van der Waals surface area contributed by atoms with Crippen LogP contribution in [0.4, 0.5) is 0 Å². The number of rotatable bonds is 7. The molecule has 0 saturated heterocycles. The molecule has 1 atom stereocenters. The second-order valence-corrected chi connectivity index (χ2v) is 5.62. The number of hydrogen-bond acceptors (Lipinski definition) is 4. The predicted octanol–water partition coefficient (Wildman–Crippen LogP) is 2.03. The molecule has 1 saturated carbocycles. The van der Waals surface area contributed by atoms with Gasteiger partial charge in [0.05, 0.1) is 11.6 Å². The van der Waals surface area contributed by atoms with Crippen LogP contribution in [-0.4, -0.2) is 42.9 Å². The summed E-state index contributed by atoms with van der Waals surface area (Å²) in [6.45, 7) is 1.93. The molecule has 1 aliphatic carbocycles. The van der Waals surface area contributed by atoms with Crippen molar-refractivity contribution in [2.75, 3.05) is 26.7 Å². The van der Waals surface area contributed by atoms with Crippen molar-refractivity contribution in [3.8, 4) is 11.8 Å². The highest BCUT2D eigenvalue weighted by molar-refractivity contribution is 5.36. The van der Waals surface area contributed by atoms with E-state index in [-0.39, 0.29) is 6.61 Å². The van der Waals surface area contributed by atoms with E-state index in [9.17, 15) is 5.11 Å². The summed E-state index contributed by atoms with van der Waals surface area (Å²) in [7, 11) is 2.04. The summed E-state index contributed by atoms with van der Waals surface area (Å²) in [5.74, 6) is 1.44. The van der Waals surface area contributed by atoms with Crippen molar-refractivity contribution in [1.82, 2.24) is 4.90 Å². The van der Waals surface area contributed by atoms with Gasteiger partial charge in [-0.3, -0.25) is 0 Å². The minimum atomic E-state index is -0.509. The second kappa shape index (κ2) is 7.28. The number of aliphatic hydroxyl groups is 1. The maximum atomic E-state index is 9.98. The van der Waals surface area contributed by atoms with E-state index in [4.69, 9.17) is 10.00 Å². The molecular formula is C16H22N2O2. The molecule has 1 N–H and O–H groups in total. The highest BCUT2D eigenvalue weighted by Gasteiger charge is 2.20. The summed E-state index contributed by atoms with van der Waals surface area (Å²) in [5.41, 5.74) is 0.569. The Labute approximate surface area is 120 Å². The van der Waals surface area contributed by atoms with Crippen molar-refractivity contribution in [3.05, 3.63) is 29.8 Å². The molecule has 1 aromatic carbocycles. The average Bonchev–Trinajstić information content (AvgIpc) is 2.41. The number of likely N-dealkylation sites (N-methyl/N-ethyl adjacent to an activating group) is 1. The van der Waals surface area contributed by atoms with Gasteiger partial charge in [-0.05, 0) is 44.0 Å². The maximum Gasteiger partial charge on any atom is 0.120 e. The minimum absolute atomic E-state index is 0.254. The predicted molar refractivity (Wildman–Crippen MR) is 77.5 cm³/mol. The number of benzene rings is 1. The molecule has 0 radical (unpaired) electrons.